The van der Waals surface area contributed by atoms with Crippen molar-refractivity contribution in [3.8, 4) is 11.6 Å². The topological polar surface area (TPSA) is 161 Å². The average Bonchev–Trinajstić information content (AvgIpc) is 3.20. The molecule has 14 heteroatoms. The zero-order valence-corrected chi connectivity index (χ0v) is 19.4. The second-order valence-corrected chi connectivity index (χ2v) is 9.56. The van der Waals surface area contributed by atoms with E-state index in [2.05, 4.69) is 15.7 Å². The lowest BCUT2D eigenvalue weighted by atomic mass is 10.1. The molecule has 0 saturated carbocycles. The number of aryl methyl sites for hydroxylation is 1. The number of nitrogens with zero attached hydrogens (tertiary/aromatic N) is 3. The van der Waals surface area contributed by atoms with Crippen molar-refractivity contribution in [2.45, 2.75) is 24.5 Å². The summed E-state index contributed by atoms with van der Waals surface area (Å²) in [6, 6.07) is 4.31. The highest BCUT2D eigenvalue weighted by Gasteiger charge is 2.38. The quantitative estimate of drug-likeness (QED) is 0.479. The van der Waals surface area contributed by atoms with Crippen LogP contribution in [0.5, 0.6) is 11.6 Å². The highest BCUT2D eigenvalue weighted by Crippen LogP contribution is 2.40. The van der Waals surface area contributed by atoms with E-state index in [1.54, 1.807) is 0 Å². The molecule has 1 aromatic carbocycles. The summed E-state index contributed by atoms with van der Waals surface area (Å²) in [4.78, 5) is 23.2. The number of aromatic nitrogens is 2. The van der Waals surface area contributed by atoms with Crippen LogP contribution in [0.3, 0.4) is 0 Å². The van der Waals surface area contributed by atoms with Gasteiger partial charge in [-0.1, -0.05) is 0 Å². The van der Waals surface area contributed by atoms with Gasteiger partial charge in [0, 0.05) is 18.4 Å². The van der Waals surface area contributed by atoms with E-state index in [0.29, 0.717) is 19.8 Å². The summed E-state index contributed by atoms with van der Waals surface area (Å²) in [6.45, 7) is 2.87. The van der Waals surface area contributed by atoms with Crippen LogP contribution in [0.4, 0.5) is 16.2 Å². The lowest BCUT2D eigenvalue weighted by Gasteiger charge is -2.36. The summed E-state index contributed by atoms with van der Waals surface area (Å²) in [5.74, 6) is -0.269. The molecule has 0 spiro atoms. The average molecular weight is 496 g/mol. The third-order valence-electron chi connectivity index (χ3n) is 5.44. The summed E-state index contributed by atoms with van der Waals surface area (Å²) < 4.78 is 46.2. The summed E-state index contributed by atoms with van der Waals surface area (Å²) in [5, 5.41) is 18.2. The molecule has 34 heavy (non-hydrogen) atoms. The Kier molecular flexibility index (Phi) is 6.52. The number of fused-ring (bicyclic) bond motifs is 1. The third-order valence-corrected chi connectivity index (χ3v) is 7.20. The minimum Gasteiger partial charge on any atom is -0.484 e. The number of sulfonamides is 1. The number of nitrogens with one attached hydrogen (secondary N) is 2. The van der Waals surface area contributed by atoms with Gasteiger partial charge in [0.2, 0.25) is 5.91 Å². The Morgan fingerprint density at radius 1 is 1.32 bits per heavy atom. The zero-order chi connectivity index (χ0) is 24.5. The molecule has 1 saturated heterocycles. The second kappa shape index (κ2) is 9.38. The number of carboxylic acid groups (broad SMARTS) is 1. The van der Waals surface area contributed by atoms with Crippen molar-refractivity contribution in [1.82, 2.24) is 15.1 Å². The van der Waals surface area contributed by atoms with Gasteiger partial charge < -0.3 is 24.6 Å². The number of carbonyl (C=O) groups is 2. The Labute approximate surface area is 195 Å². The molecular formula is C20H25N5O8S. The first kappa shape index (κ1) is 23.6. The molecule has 0 aliphatic carbocycles. The second-order valence-electron chi connectivity index (χ2n) is 7.73. The summed E-state index contributed by atoms with van der Waals surface area (Å²) in [6.07, 6.45) is -0.619. The largest absolute Gasteiger partial charge is 0.484 e. The Bertz CT molecular complexity index is 1190. The van der Waals surface area contributed by atoms with E-state index in [-0.39, 0.29) is 52.8 Å². The predicted molar refractivity (Wildman–Crippen MR) is 119 cm³/mol. The number of hydrogen-bond acceptors (Lipinski definition) is 8. The van der Waals surface area contributed by atoms with Gasteiger partial charge in [-0.3, -0.25) is 19.1 Å². The number of carbonyl (C=O) groups excluding carboxylic acids is 1. The number of hydrogen-bond donors (Lipinski definition) is 3. The smallest absolute Gasteiger partial charge is 0.409 e. The van der Waals surface area contributed by atoms with Gasteiger partial charge in [0.05, 0.1) is 45.0 Å². The molecule has 3 N–H and O–H groups in total. The Morgan fingerprint density at radius 3 is 2.71 bits per heavy atom. The number of benzene rings is 1. The Balaban J connectivity index is 1.68. The number of rotatable bonds is 8. The summed E-state index contributed by atoms with van der Waals surface area (Å²) >= 11 is 0. The highest BCUT2D eigenvalue weighted by atomic mass is 32.2. The molecule has 2 aliphatic heterocycles. The first-order chi connectivity index (χ1) is 16.2. The molecule has 2 amide bonds. The molecule has 0 bridgehead atoms. The van der Waals surface area contributed by atoms with Gasteiger partial charge in [0.15, 0.2) is 4.90 Å². The number of amides is 2. The number of ether oxygens (including phenoxy) is 3. The maximum atomic E-state index is 13.7. The normalized spacial score (nSPS) is 17.8. The molecule has 0 radical (unpaired) electrons. The minimum absolute atomic E-state index is 0.0652. The van der Waals surface area contributed by atoms with E-state index in [9.17, 15) is 18.0 Å². The third kappa shape index (κ3) is 4.59. The van der Waals surface area contributed by atoms with Gasteiger partial charge in [-0.2, -0.15) is 0 Å². The van der Waals surface area contributed by atoms with Crippen molar-refractivity contribution in [1.29, 1.82) is 0 Å². The van der Waals surface area contributed by atoms with Crippen LogP contribution >= 0.6 is 0 Å². The monoisotopic (exact) mass is 495 g/mol. The first-order valence-corrected chi connectivity index (χ1v) is 12.0. The molecule has 1 fully saturated rings. The fourth-order valence-electron chi connectivity index (χ4n) is 3.58. The van der Waals surface area contributed by atoms with Gasteiger partial charge in [-0.05, 0) is 25.1 Å². The van der Waals surface area contributed by atoms with Gasteiger partial charge in [-0.25, -0.2) is 13.2 Å². The van der Waals surface area contributed by atoms with E-state index < -0.39 is 22.2 Å². The van der Waals surface area contributed by atoms with Gasteiger partial charge in [0.1, 0.15) is 11.9 Å². The lowest BCUT2D eigenvalue weighted by Crippen LogP contribution is -2.50. The molecule has 2 aromatic rings. The van der Waals surface area contributed by atoms with E-state index >= 15 is 0 Å². The van der Waals surface area contributed by atoms with Crippen molar-refractivity contribution in [3.63, 3.8) is 0 Å². The summed E-state index contributed by atoms with van der Waals surface area (Å²) in [5.41, 5.74) is 0.315. The maximum Gasteiger partial charge on any atom is 0.409 e. The van der Waals surface area contributed by atoms with Crippen LogP contribution < -0.4 is 24.4 Å². The van der Waals surface area contributed by atoms with Gasteiger partial charge >= 0.3 is 6.09 Å². The van der Waals surface area contributed by atoms with E-state index in [1.807, 2.05) is 6.92 Å². The van der Waals surface area contributed by atoms with Crippen LogP contribution in [0.1, 0.15) is 6.92 Å². The Hall–Kier alpha value is -3.52. The fourth-order valence-corrected chi connectivity index (χ4v) is 5.18. The standard InChI is InChI=1S/C20H25N5O8S/c1-3-24-9-17(19(23-24)31-2)34(29,30)25-8-14(7-21-18(26)12-10-32-11-12)33-16-5-4-13(6-15(16)25)22-20(27)28/h4-6,9,12,14,22H,3,7-8,10-11H2,1-2H3,(H,21,26)(H,27,28). The van der Waals surface area contributed by atoms with Crippen molar-refractivity contribution in [2.75, 3.05) is 43.0 Å². The van der Waals surface area contributed by atoms with Gasteiger partial charge in [-0.15, -0.1) is 5.10 Å². The van der Waals surface area contributed by atoms with E-state index in [0.717, 1.165) is 4.31 Å². The fraction of sp³-hybridized carbons (Fsp3) is 0.450. The van der Waals surface area contributed by atoms with Crippen LogP contribution in [-0.4, -0.2) is 74.8 Å². The number of methoxy groups -OCH3 is 1. The molecule has 2 aliphatic rings. The minimum atomic E-state index is -4.20. The van der Waals surface area contributed by atoms with Crippen LogP contribution in [0.2, 0.25) is 0 Å². The maximum absolute atomic E-state index is 13.7. The van der Waals surface area contributed by atoms with Crippen LogP contribution in [0.25, 0.3) is 0 Å². The number of anilines is 2. The van der Waals surface area contributed by atoms with Crippen molar-refractivity contribution >= 4 is 33.4 Å². The van der Waals surface area contributed by atoms with Crippen molar-refractivity contribution < 1.29 is 37.3 Å². The van der Waals surface area contributed by atoms with Gasteiger partial charge in [0.25, 0.3) is 15.9 Å². The van der Waals surface area contributed by atoms with Crippen LogP contribution in [0, 0.1) is 5.92 Å². The van der Waals surface area contributed by atoms with E-state index in [1.165, 1.54) is 36.2 Å². The molecule has 1 unspecified atom stereocenters. The summed E-state index contributed by atoms with van der Waals surface area (Å²) in [7, 11) is -2.87. The molecule has 13 nitrogen and oxygen atoms in total. The van der Waals surface area contributed by atoms with E-state index in [4.69, 9.17) is 19.3 Å². The molecule has 3 heterocycles. The lowest BCUT2D eigenvalue weighted by molar-refractivity contribution is -0.139. The molecule has 184 valence electrons. The van der Waals surface area contributed by atoms with Crippen LogP contribution in [-0.2, 0) is 26.1 Å². The predicted octanol–water partition coefficient (Wildman–Crippen LogP) is 0.720. The molecule has 4 rings (SSSR count). The SMILES string of the molecule is CCn1cc(S(=O)(=O)N2CC(CNC(=O)C3COC3)Oc3ccc(NC(=O)O)cc32)c(OC)n1. The highest BCUT2D eigenvalue weighted by molar-refractivity contribution is 7.93. The zero-order valence-electron chi connectivity index (χ0n) is 18.6. The first-order valence-electron chi connectivity index (χ1n) is 10.5. The molecule has 1 aromatic heterocycles. The molecular weight excluding hydrogens is 470 g/mol. The molecule has 1 atom stereocenters. The van der Waals surface area contributed by atoms with Crippen molar-refractivity contribution in [2.24, 2.45) is 5.92 Å². The van der Waals surface area contributed by atoms with Crippen molar-refractivity contribution in [3.05, 3.63) is 24.4 Å². The van der Waals surface area contributed by atoms with Crippen LogP contribution in [0.15, 0.2) is 29.3 Å². The Morgan fingerprint density at radius 2 is 2.09 bits per heavy atom.